The third-order valence-electron chi connectivity index (χ3n) is 3.68. The minimum absolute atomic E-state index is 0.0226. The average molecular weight is 332 g/mol. The van der Waals surface area contributed by atoms with Gasteiger partial charge < -0.3 is 11.5 Å². The molecule has 3 rings (SSSR count). The predicted molar refractivity (Wildman–Crippen MR) is 85.5 cm³/mol. The highest BCUT2D eigenvalue weighted by atomic mass is 32.1. The molecule has 0 unspecified atom stereocenters. The van der Waals surface area contributed by atoms with Gasteiger partial charge in [0.05, 0.1) is 10.5 Å². The fourth-order valence-corrected chi connectivity index (χ4v) is 4.08. The molecule has 0 bridgehead atoms. The zero-order chi connectivity index (χ0) is 16.7. The molecule has 5 N–H and O–H groups in total. The molecular formula is C14H12N4O4S. The van der Waals surface area contributed by atoms with E-state index in [4.69, 9.17) is 11.5 Å². The van der Waals surface area contributed by atoms with E-state index in [1.165, 1.54) is 23.5 Å². The monoisotopic (exact) mass is 332 g/mol. The molecule has 1 aliphatic carbocycles. The number of fused-ring (bicyclic) bond motifs is 3. The van der Waals surface area contributed by atoms with E-state index in [9.17, 15) is 19.7 Å². The normalized spacial score (nSPS) is 12.2. The molecule has 1 heterocycles. The highest BCUT2D eigenvalue weighted by Crippen LogP contribution is 2.45. The summed E-state index contributed by atoms with van der Waals surface area (Å²) in [4.78, 5) is 34.1. The third kappa shape index (κ3) is 2.50. The summed E-state index contributed by atoms with van der Waals surface area (Å²) in [7, 11) is 0. The number of benzene rings is 1. The lowest BCUT2D eigenvalue weighted by molar-refractivity contribution is -0.384. The number of anilines is 1. The number of nitro groups is 1. The van der Waals surface area contributed by atoms with Crippen molar-refractivity contribution in [1.82, 2.24) is 0 Å². The van der Waals surface area contributed by atoms with Gasteiger partial charge in [-0.05, 0) is 35.6 Å². The summed E-state index contributed by atoms with van der Waals surface area (Å²) in [5.74, 6) is -0.642. The van der Waals surface area contributed by atoms with Gasteiger partial charge in [0, 0.05) is 17.0 Å². The number of amides is 3. The molecule has 1 aromatic heterocycles. The molecule has 0 spiro atoms. The largest absolute Gasteiger partial charge is 0.365 e. The van der Waals surface area contributed by atoms with Crippen molar-refractivity contribution >= 4 is 34.0 Å². The first kappa shape index (κ1) is 15.0. The van der Waals surface area contributed by atoms with Gasteiger partial charge in [-0.25, -0.2) is 4.79 Å². The maximum atomic E-state index is 11.7. The van der Waals surface area contributed by atoms with Gasteiger partial charge in [0.15, 0.2) is 0 Å². The lowest BCUT2D eigenvalue weighted by atomic mass is 9.89. The predicted octanol–water partition coefficient (Wildman–Crippen LogP) is 2.01. The zero-order valence-electron chi connectivity index (χ0n) is 11.8. The Morgan fingerprint density at radius 1 is 1.26 bits per heavy atom. The minimum atomic E-state index is -0.782. The molecule has 0 radical (unpaired) electrons. The van der Waals surface area contributed by atoms with E-state index in [1.54, 1.807) is 6.07 Å². The molecule has 2 aromatic rings. The molecule has 118 valence electrons. The molecule has 23 heavy (non-hydrogen) atoms. The summed E-state index contributed by atoms with van der Waals surface area (Å²) in [5.41, 5.74) is 13.2. The second-order valence-electron chi connectivity index (χ2n) is 5.07. The van der Waals surface area contributed by atoms with Crippen LogP contribution in [0.25, 0.3) is 10.4 Å². The zero-order valence-corrected chi connectivity index (χ0v) is 12.6. The molecule has 9 heteroatoms. The first-order valence-corrected chi connectivity index (χ1v) is 7.49. The number of nitro benzene ring substituents is 1. The molecule has 0 aliphatic heterocycles. The van der Waals surface area contributed by atoms with Crippen LogP contribution in [0.1, 0.15) is 21.5 Å². The number of hydrogen-bond acceptors (Lipinski definition) is 5. The number of primary amides is 2. The van der Waals surface area contributed by atoms with Crippen LogP contribution in [0.4, 0.5) is 15.5 Å². The molecule has 0 saturated carbocycles. The fraction of sp³-hybridized carbons (Fsp3) is 0.143. The van der Waals surface area contributed by atoms with Crippen molar-refractivity contribution in [2.24, 2.45) is 11.5 Å². The van der Waals surface area contributed by atoms with Crippen molar-refractivity contribution in [3.8, 4) is 10.4 Å². The van der Waals surface area contributed by atoms with Crippen molar-refractivity contribution < 1.29 is 14.5 Å². The van der Waals surface area contributed by atoms with Gasteiger partial charge in [-0.15, -0.1) is 11.3 Å². The Kier molecular flexibility index (Phi) is 3.49. The van der Waals surface area contributed by atoms with E-state index in [-0.39, 0.29) is 11.3 Å². The highest BCUT2D eigenvalue weighted by molar-refractivity contribution is 7.20. The topological polar surface area (TPSA) is 141 Å². The summed E-state index contributed by atoms with van der Waals surface area (Å²) >= 11 is 1.19. The summed E-state index contributed by atoms with van der Waals surface area (Å²) in [5, 5.41) is 13.6. The number of carbonyl (C=O) groups is 2. The SMILES string of the molecule is NC(=O)Nc1sc2c(c1C(N)=O)CCc1cc([N+](=O)[O-])ccc1-2. The number of non-ortho nitro benzene ring substituents is 1. The van der Waals surface area contributed by atoms with Crippen molar-refractivity contribution in [2.45, 2.75) is 12.8 Å². The van der Waals surface area contributed by atoms with Crippen molar-refractivity contribution in [2.75, 3.05) is 5.32 Å². The Labute approximate surface area is 134 Å². The first-order chi connectivity index (χ1) is 10.9. The molecule has 0 atom stereocenters. The second-order valence-corrected chi connectivity index (χ2v) is 6.09. The van der Waals surface area contributed by atoms with Crippen LogP contribution in [0.3, 0.4) is 0 Å². The Hall–Kier alpha value is -2.94. The number of carbonyl (C=O) groups excluding carboxylic acids is 2. The van der Waals surface area contributed by atoms with E-state index in [1.807, 2.05) is 0 Å². The van der Waals surface area contributed by atoms with Gasteiger partial charge in [-0.1, -0.05) is 0 Å². The van der Waals surface area contributed by atoms with E-state index in [0.29, 0.717) is 17.8 Å². The van der Waals surface area contributed by atoms with Crippen molar-refractivity contribution in [3.63, 3.8) is 0 Å². The van der Waals surface area contributed by atoms with E-state index in [2.05, 4.69) is 5.32 Å². The average Bonchev–Trinajstić information content (AvgIpc) is 2.83. The van der Waals surface area contributed by atoms with Gasteiger partial charge in [0.2, 0.25) is 0 Å². The van der Waals surface area contributed by atoms with Crippen LogP contribution in [-0.2, 0) is 12.8 Å². The maximum Gasteiger partial charge on any atom is 0.317 e. The van der Waals surface area contributed by atoms with Gasteiger partial charge in [0.25, 0.3) is 11.6 Å². The molecule has 0 saturated heterocycles. The molecular weight excluding hydrogens is 320 g/mol. The number of hydrogen-bond donors (Lipinski definition) is 3. The molecule has 8 nitrogen and oxygen atoms in total. The third-order valence-corrected chi connectivity index (χ3v) is 4.86. The number of aryl methyl sites for hydroxylation is 1. The minimum Gasteiger partial charge on any atom is -0.365 e. The summed E-state index contributed by atoms with van der Waals surface area (Å²) in [6, 6.07) is 3.82. The Morgan fingerprint density at radius 2 is 2.00 bits per heavy atom. The molecule has 0 fully saturated rings. The van der Waals surface area contributed by atoms with Gasteiger partial charge in [-0.3, -0.25) is 20.2 Å². The van der Waals surface area contributed by atoms with Gasteiger partial charge in [0.1, 0.15) is 5.00 Å². The number of nitrogens with one attached hydrogen (secondary N) is 1. The smallest absolute Gasteiger partial charge is 0.317 e. The van der Waals surface area contributed by atoms with E-state index in [0.717, 1.165) is 21.6 Å². The van der Waals surface area contributed by atoms with E-state index < -0.39 is 16.9 Å². The van der Waals surface area contributed by atoms with Gasteiger partial charge >= 0.3 is 6.03 Å². The number of rotatable bonds is 3. The fourth-order valence-electron chi connectivity index (χ4n) is 2.76. The second kappa shape index (κ2) is 5.36. The van der Waals surface area contributed by atoms with E-state index >= 15 is 0 Å². The molecule has 1 aliphatic rings. The lowest BCUT2D eigenvalue weighted by Gasteiger charge is -2.16. The lowest BCUT2D eigenvalue weighted by Crippen LogP contribution is -2.22. The molecule has 3 amide bonds. The summed E-state index contributed by atoms with van der Waals surface area (Å²) in [6.45, 7) is 0. The van der Waals surface area contributed by atoms with Crippen LogP contribution >= 0.6 is 11.3 Å². The highest BCUT2D eigenvalue weighted by Gasteiger charge is 2.28. The maximum absolute atomic E-state index is 11.7. The van der Waals surface area contributed by atoms with Crippen LogP contribution in [0.5, 0.6) is 0 Å². The van der Waals surface area contributed by atoms with Crippen LogP contribution in [-0.4, -0.2) is 16.9 Å². The first-order valence-electron chi connectivity index (χ1n) is 6.68. The number of nitrogens with two attached hydrogens (primary N) is 2. The van der Waals surface area contributed by atoms with Crippen LogP contribution in [0, 0.1) is 10.1 Å². The summed E-state index contributed by atoms with van der Waals surface area (Å²) < 4.78 is 0. The van der Waals surface area contributed by atoms with Crippen LogP contribution in [0.15, 0.2) is 18.2 Å². The van der Waals surface area contributed by atoms with Crippen LogP contribution in [0.2, 0.25) is 0 Å². The Balaban J connectivity index is 2.17. The van der Waals surface area contributed by atoms with Gasteiger partial charge in [-0.2, -0.15) is 0 Å². The number of nitrogens with zero attached hydrogens (tertiary/aromatic N) is 1. The van der Waals surface area contributed by atoms with Crippen LogP contribution < -0.4 is 16.8 Å². The van der Waals surface area contributed by atoms with Crippen molar-refractivity contribution in [1.29, 1.82) is 0 Å². The number of thiophene rings is 1. The summed E-state index contributed by atoms with van der Waals surface area (Å²) in [6.07, 6.45) is 1.07. The molecule has 1 aromatic carbocycles. The quantitative estimate of drug-likeness (QED) is 0.583. The number of urea groups is 1. The standard InChI is InChI=1S/C14H12N4O4S/c15-12(19)10-9-3-1-6-5-7(18(21)22)2-4-8(6)11(9)23-13(10)17-14(16)20/h2,4-5H,1,3H2,(H2,15,19)(H3,16,17,20). The van der Waals surface area contributed by atoms with Crippen molar-refractivity contribution in [3.05, 3.63) is 45.0 Å². The Morgan fingerprint density at radius 3 is 2.61 bits per heavy atom. The Bertz CT molecular complexity index is 859.